The summed E-state index contributed by atoms with van der Waals surface area (Å²) in [7, 11) is 0. The summed E-state index contributed by atoms with van der Waals surface area (Å²) in [6, 6.07) is 154. The molecule has 3 radical (unpaired) electrons. The first-order valence-corrected chi connectivity index (χ1v) is 48.5. The zero-order valence-corrected chi connectivity index (χ0v) is 87.2. The second kappa shape index (κ2) is 41.6. The van der Waals surface area contributed by atoms with Crippen LogP contribution in [0.25, 0.3) is 196 Å². The van der Waals surface area contributed by atoms with Crippen molar-refractivity contribution in [1.29, 1.82) is 0 Å². The molecular weight excluding hydrogens is 2310 g/mol. The number of fused-ring (bicyclic) bond motifs is 15. The van der Waals surface area contributed by atoms with Gasteiger partial charge in [-0.05, 0) is 133 Å². The van der Waals surface area contributed by atoms with E-state index in [9.17, 15) is 0 Å². The van der Waals surface area contributed by atoms with Gasteiger partial charge < -0.3 is 0 Å². The van der Waals surface area contributed by atoms with Crippen LogP contribution in [0.2, 0.25) is 0 Å². The number of pyridine rings is 6. The zero-order valence-electron chi connectivity index (χ0n) is 77.6. The SMILES string of the molecule is CC1(C)c2ccccc2-c2c[c-]c(-c3ccc4ccncc4n3)cc21.CC1(C)c2ccccc2-c2c[c-]c(-c3ccc4cnccc4n3)cc21.CC1(C)c2ccccc2-c2c[c-]c(-c3ccc4ncccc4n3)cc21.[Ir].[Ir].[Ir].[c-]1ccc(-c2ccccc2)cc1-c1nc2ccccc2s1.[c-]1ccc(-c2ccccc2)cc1-c1nc2ccccc2s1.[c-]1ccc(-c2ccccc2)cc1-c1nc2ccccc2s1. The molecule has 3 aliphatic rings. The van der Waals surface area contributed by atoms with Crippen LogP contribution in [0.5, 0.6) is 0 Å². The predicted molar refractivity (Wildman–Crippen MR) is 572 cm³/mol. The first kappa shape index (κ1) is 95.5. The molecule has 0 unspecified atom stereocenters. The van der Waals surface area contributed by atoms with E-state index >= 15 is 0 Å². The van der Waals surface area contributed by atoms with E-state index in [2.05, 4.69) is 372 Å². The second-order valence-corrected chi connectivity index (χ2v) is 38.9. The third kappa shape index (κ3) is 19.6. The van der Waals surface area contributed by atoms with Crippen LogP contribution < -0.4 is 0 Å². The summed E-state index contributed by atoms with van der Waals surface area (Å²) < 4.78 is 3.64. The van der Waals surface area contributed by atoms with Gasteiger partial charge in [-0.15, -0.1) is 194 Å². The average molecular weight is 2400 g/mol. The fourth-order valence-electron chi connectivity index (χ4n) is 18.9. The molecule has 0 spiro atoms. The maximum absolute atomic E-state index is 4.80. The number of nitrogens with zero attached hydrogens (tertiary/aromatic N) is 9. The third-order valence-electron chi connectivity index (χ3n) is 26.1. The molecule has 15 heteroatoms. The van der Waals surface area contributed by atoms with Crippen molar-refractivity contribution in [3.05, 3.63) is 489 Å². The molecule has 0 saturated heterocycles. The van der Waals surface area contributed by atoms with E-state index in [4.69, 9.17) is 29.9 Å². The van der Waals surface area contributed by atoms with Crippen molar-refractivity contribution in [2.75, 3.05) is 0 Å². The number of aromatic nitrogens is 9. The normalized spacial score (nSPS) is 12.5. The topological polar surface area (TPSA) is 116 Å². The first-order chi connectivity index (χ1) is 67.6. The maximum atomic E-state index is 4.80. The third-order valence-corrected chi connectivity index (χ3v) is 29.3. The van der Waals surface area contributed by atoms with E-state index in [1.807, 2.05) is 122 Å². The molecule has 24 aromatic rings. The average Bonchev–Trinajstić information content (AvgIpc) is 1.59. The van der Waals surface area contributed by atoms with Crippen molar-refractivity contribution < 1.29 is 60.3 Å². The Bertz CT molecular complexity index is 7780. The Morgan fingerprint density at radius 2 is 0.560 bits per heavy atom. The fraction of sp³-hybridized carbons (Fsp3) is 0.0714. The van der Waals surface area contributed by atoms with E-state index in [0.717, 1.165) is 115 Å². The van der Waals surface area contributed by atoms with Gasteiger partial charge in [0.2, 0.25) is 0 Å². The molecule has 9 heterocycles. The standard InChI is InChI=1S/3C23H17N2.3C19H12NS.3Ir/c1-23(2)18-7-4-3-6-16(18)17-10-9-15(14-19(17)23)20-11-12-21-22(25-20)8-5-13-24-21;1-23(2)19-6-4-3-5-17(19)18-9-7-16(13-20(18)23)21-10-8-15-11-12-24-14-22(15)25-21;1-23(2)19-6-4-3-5-17(19)18-9-7-15(13-20(18)23)21-10-8-16-14-24-12-11-22(16)25-21;3*1-2-7-14(8-3-1)15-9-6-10-16(13-15)19-20-17-11-4-5-12-18(17)21-19;;;/h3-8,10-14H,1-2H3;2*3-6,8-14H,1-2H3;3*1-9,11-13H;;;/q6*-1;;;. The van der Waals surface area contributed by atoms with Gasteiger partial charge in [0.25, 0.3) is 0 Å². The van der Waals surface area contributed by atoms with Gasteiger partial charge in [0.1, 0.15) is 0 Å². The molecule has 3 aliphatic carbocycles. The molecule has 687 valence electrons. The second-order valence-electron chi connectivity index (χ2n) is 35.8. The molecular formula is C126H87Ir3N9S3-6. The largest absolute Gasteiger partial charge is 0.296 e. The molecule has 0 amide bonds. The van der Waals surface area contributed by atoms with Crippen LogP contribution >= 0.6 is 34.0 Å². The van der Waals surface area contributed by atoms with Crippen molar-refractivity contribution in [2.45, 2.75) is 57.8 Å². The van der Waals surface area contributed by atoms with Gasteiger partial charge in [-0.1, -0.05) is 305 Å². The molecule has 27 rings (SSSR count). The van der Waals surface area contributed by atoms with Crippen molar-refractivity contribution in [3.8, 4) is 132 Å². The molecule has 0 atom stereocenters. The van der Waals surface area contributed by atoms with Crippen molar-refractivity contribution in [2.24, 2.45) is 0 Å². The Morgan fingerprint density at radius 1 is 0.220 bits per heavy atom. The van der Waals surface area contributed by atoms with Gasteiger partial charge in [0.15, 0.2) is 0 Å². The maximum Gasteiger partial charge on any atom is 0.0869 e. The predicted octanol–water partition coefficient (Wildman–Crippen LogP) is 32.5. The van der Waals surface area contributed by atoms with Gasteiger partial charge in [-0.2, -0.15) is 34.0 Å². The monoisotopic (exact) mass is 2400 g/mol. The van der Waals surface area contributed by atoms with E-state index < -0.39 is 0 Å². The summed E-state index contributed by atoms with van der Waals surface area (Å²) in [5.41, 5.74) is 39.2. The van der Waals surface area contributed by atoms with E-state index in [-0.39, 0.29) is 76.6 Å². The molecule has 15 aromatic carbocycles. The van der Waals surface area contributed by atoms with E-state index in [1.165, 1.54) is 114 Å². The Balaban J connectivity index is 0.000000107. The van der Waals surface area contributed by atoms with Crippen LogP contribution in [0, 0.1) is 36.4 Å². The van der Waals surface area contributed by atoms with Gasteiger partial charge in [-0.25, -0.2) is 0 Å². The van der Waals surface area contributed by atoms with Crippen molar-refractivity contribution >= 4 is 97.5 Å². The van der Waals surface area contributed by atoms with Crippen LogP contribution in [-0.2, 0) is 76.6 Å². The molecule has 0 saturated carbocycles. The van der Waals surface area contributed by atoms with Crippen molar-refractivity contribution in [1.82, 2.24) is 44.9 Å². The van der Waals surface area contributed by atoms with E-state index in [1.54, 1.807) is 52.6 Å². The van der Waals surface area contributed by atoms with Gasteiger partial charge in [0, 0.05) is 125 Å². The minimum absolute atomic E-state index is 0. The smallest absolute Gasteiger partial charge is 0.0869 e. The molecule has 0 bridgehead atoms. The Kier molecular flexibility index (Phi) is 28.2. The molecule has 141 heavy (non-hydrogen) atoms. The molecule has 9 aromatic heterocycles. The minimum atomic E-state index is -0.00577. The minimum Gasteiger partial charge on any atom is -0.296 e. The number of hydrogen-bond acceptors (Lipinski definition) is 12. The summed E-state index contributed by atoms with van der Waals surface area (Å²) >= 11 is 5.14. The summed E-state index contributed by atoms with van der Waals surface area (Å²) in [6.45, 7) is 13.7. The Hall–Kier alpha value is -14.4. The number of para-hydroxylation sites is 3. The van der Waals surface area contributed by atoms with Crippen LogP contribution in [0.4, 0.5) is 0 Å². The molecule has 0 N–H and O–H groups in total. The Labute approximate surface area is 873 Å². The molecule has 9 nitrogen and oxygen atoms in total. The molecule has 0 fully saturated rings. The van der Waals surface area contributed by atoms with Crippen molar-refractivity contribution in [3.63, 3.8) is 0 Å². The summed E-state index contributed by atoms with van der Waals surface area (Å²) in [6.07, 6.45) is 9.03. The number of hydrogen-bond donors (Lipinski definition) is 0. The van der Waals surface area contributed by atoms with Crippen LogP contribution in [0.3, 0.4) is 0 Å². The fourth-order valence-corrected chi connectivity index (χ4v) is 21.7. The van der Waals surface area contributed by atoms with Crippen LogP contribution in [0.15, 0.2) is 419 Å². The van der Waals surface area contributed by atoms with E-state index in [0.29, 0.717) is 0 Å². The van der Waals surface area contributed by atoms with Gasteiger partial charge >= 0.3 is 0 Å². The number of rotatable bonds is 9. The number of thiazole rings is 3. The van der Waals surface area contributed by atoms with Gasteiger partial charge in [0.05, 0.1) is 44.8 Å². The summed E-state index contributed by atoms with van der Waals surface area (Å²) in [5, 5.41) is 5.23. The summed E-state index contributed by atoms with van der Waals surface area (Å²) in [5.74, 6) is 0. The quantitative estimate of drug-likeness (QED) is 0.130. The number of benzene rings is 15. The zero-order chi connectivity index (χ0) is 93.3. The van der Waals surface area contributed by atoms with Gasteiger partial charge in [-0.3, -0.25) is 44.9 Å². The Morgan fingerprint density at radius 3 is 0.972 bits per heavy atom. The summed E-state index contributed by atoms with van der Waals surface area (Å²) in [4.78, 5) is 41.2. The molecule has 0 aliphatic heterocycles. The first-order valence-electron chi connectivity index (χ1n) is 46.1. The van der Waals surface area contributed by atoms with Crippen LogP contribution in [-0.4, -0.2) is 44.9 Å². The van der Waals surface area contributed by atoms with Crippen LogP contribution in [0.1, 0.15) is 74.9 Å².